The molecule has 3 rings (SSSR count). The van der Waals surface area contributed by atoms with Crippen LogP contribution in [-0.2, 0) is 4.79 Å². The minimum absolute atomic E-state index is 0.275. The van der Waals surface area contributed by atoms with Crippen LogP contribution in [0.3, 0.4) is 0 Å². The number of hydrogen-bond donors (Lipinski definition) is 2. The molecule has 0 saturated carbocycles. The molecule has 1 aliphatic rings. The summed E-state index contributed by atoms with van der Waals surface area (Å²) in [6.45, 7) is 0. The topological polar surface area (TPSA) is 62.7 Å². The first kappa shape index (κ1) is 13.1. The third-order valence-corrected chi connectivity index (χ3v) is 3.09. The first-order valence-corrected chi connectivity index (χ1v) is 6.26. The minimum Gasteiger partial charge on any atom is -0.497 e. The molecule has 0 aromatic heterocycles. The fourth-order valence-corrected chi connectivity index (χ4v) is 2.02. The molecule has 0 bridgehead atoms. The standard InChI is InChI=1S/C15H12FN3O2/c1-21-11-6-7-12-13(8-11)17-15(20)14(12)19-18-10-4-2-9(16)3-5-10/h2-8,18H,1H3,(H,17,19,20). The van der Waals surface area contributed by atoms with Crippen LogP contribution in [0.5, 0.6) is 5.75 Å². The van der Waals surface area contributed by atoms with Crippen LogP contribution in [0.2, 0.25) is 0 Å². The molecule has 21 heavy (non-hydrogen) atoms. The summed E-state index contributed by atoms with van der Waals surface area (Å²) in [5, 5.41) is 6.81. The first-order valence-electron chi connectivity index (χ1n) is 6.26. The van der Waals surface area contributed by atoms with Crippen molar-refractivity contribution >= 4 is 23.0 Å². The van der Waals surface area contributed by atoms with E-state index >= 15 is 0 Å². The van der Waals surface area contributed by atoms with Crippen LogP contribution in [0.15, 0.2) is 47.6 Å². The highest BCUT2D eigenvalue weighted by Crippen LogP contribution is 2.28. The molecule has 0 saturated heterocycles. The van der Waals surface area contributed by atoms with Gasteiger partial charge in [-0.2, -0.15) is 5.10 Å². The molecular formula is C15H12FN3O2. The molecule has 1 heterocycles. The van der Waals surface area contributed by atoms with E-state index in [9.17, 15) is 9.18 Å². The van der Waals surface area contributed by atoms with Gasteiger partial charge in [-0.1, -0.05) is 0 Å². The van der Waals surface area contributed by atoms with Gasteiger partial charge in [0.1, 0.15) is 11.6 Å². The van der Waals surface area contributed by atoms with Crippen molar-refractivity contribution in [2.75, 3.05) is 17.9 Å². The molecule has 2 aromatic rings. The van der Waals surface area contributed by atoms with Gasteiger partial charge in [-0.05, 0) is 36.4 Å². The van der Waals surface area contributed by atoms with Crippen molar-refractivity contribution in [2.24, 2.45) is 5.10 Å². The van der Waals surface area contributed by atoms with Crippen molar-refractivity contribution in [1.29, 1.82) is 0 Å². The largest absolute Gasteiger partial charge is 0.497 e. The number of hydrogen-bond acceptors (Lipinski definition) is 4. The molecule has 1 amide bonds. The van der Waals surface area contributed by atoms with Crippen LogP contribution in [-0.4, -0.2) is 18.7 Å². The second kappa shape index (κ2) is 5.24. The highest BCUT2D eigenvalue weighted by Gasteiger charge is 2.26. The molecule has 0 unspecified atom stereocenters. The van der Waals surface area contributed by atoms with Gasteiger partial charge < -0.3 is 10.1 Å². The normalized spacial score (nSPS) is 14.8. The van der Waals surface area contributed by atoms with Crippen LogP contribution in [0.25, 0.3) is 0 Å². The Bertz CT molecular complexity index is 726. The highest BCUT2D eigenvalue weighted by molar-refractivity contribution is 6.53. The van der Waals surface area contributed by atoms with E-state index in [0.29, 0.717) is 22.7 Å². The van der Waals surface area contributed by atoms with E-state index < -0.39 is 0 Å². The van der Waals surface area contributed by atoms with E-state index in [1.807, 2.05) is 0 Å². The summed E-state index contributed by atoms with van der Waals surface area (Å²) >= 11 is 0. The van der Waals surface area contributed by atoms with Crippen LogP contribution in [0.1, 0.15) is 5.56 Å². The molecule has 6 heteroatoms. The predicted octanol–water partition coefficient (Wildman–Crippen LogP) is 2.60. The van der Waals surface area contributed by atoms with E-state index in [4.69, 9.17) is 4.74 Å². The number of halogens is 1. The lowest BCUT2D eigenvalue weighted by Crippen LogP contribution is -2.15. The Hall–Kier alpha value is -2.89. The zero-order valence-electron chi connectivity index (χ0n) is 11.2. The summed E-state index contributed by atoms with van der Waals surface area (Å²) in [4.78, 5) is 11.9. The number of methoxy groups -OCH3 is 1. The lowest BCUT2D eigenvalue weighted by molar-refractivity contribution is -0.110. The zero-order chi connectivity index (χ0) is 14.8. The van der Waals surface area contributed by atoms with E-state index in [0.717, 1.165) is 0 Å². The Morgan fingerprint density at radius 3 is 2.67 bits per heavy atom. The number of nitrogens with zero attached hydrogens (tertiary/aromatic N) is 1. The van der Waals surface area contributed by atoms with Crippen molar-refractivity contribution in [1.82, 2.24) is 0 Å². The number of benzene rings is 2. The van der Waals surface area contributed by atoms with Crippen molar-refractivity contribution in [2.45, 2.75) is 0 Å². The maximum Gasteiger partial charge on any atom is 0.276 e. The summed E-state index contributed by atoms with van der Waals surface area (Å²) in [5.74, 6) is 0.0268. The molecule has 0 fully saturated rings. The summed E-state index contributed by atoms with van der Waals surface area (Å²) in [5.41, 5.74) is 4.96. The molecule has 0 aliphatic carbocycles. The molecule has 1 aliphatic heterocycles. The van der Waals surface area contributed by atoms with Gasteiger partial charge in [0.25, 0.3) is 5.91 Å². The Kier molecular flexibility index (Phi) is 3.27. The minimum atomic E-state index is -0.329. The van der Waals surface area contributed by atoms with Crippen LogP contribution in [0, 0.1) is 5.82 Å². The lowest BCUT2D eigenvalue weighted by atomic mass is 10.1. The number of fused-ring (bicyclic) bond motifs is 1. The van der Waals surface area contributed by atoms with Gasteiger partial charge in [0.15, 0.2) is 5.71 Å². The highest BCUT2D eigenvalue weighted by atomic mass is 19.1. The number of ether oxygens (including phenoxy) is 1. The van der Waals surface area contributed by atoms with Crippen molar-refractivity contribution < 1.29 is 13.9 Å². The van der Waals surface area contributed by atoms with Gasteiger partial charge in [-0.3, -0.25) is 10.2 Å². The van der Waals surface area contributed by atoms with E-state index in [-0.39, 0.29) is 17.4 Å². The molecule has 0 atom stereocenters. The van der Waals surface area contributed by atoms with Gasteiger partial charge in [0.2, 0.25) is 0 Å². The fraction of sp³-hybridized carbons (Fsp3) is 0.0667. The van der Waals surface area contributed by atoms with Crippen LogP contribution >= 0.6 is 0 Å². The van der Waals surface area contributed by atoms with Crippen molar-refractivity contribution in [3.63, 3.8) is 0 Å². The van der Waals surface area contributed by atoms with Gasteiger partial charge in [0, 0.05) is 11.6 Å². The lowest BCUT2D eigenvalue weighted by Gasteiger charge is -2.03. The smallest absolute Gasteiger partial charge is 0.276 e. The molecule has 2 aromatic carbocycles. The number of carbonyl (C=O) groups is 1. The second-order valence-corrected chi connectivity index (χ2v) is 4.44. The summed E-state index contributed by atoms with van der Waals surface area (Å²) in [6.07, 6.45) is 0. The molecule has 0 spiro atoms. The maximum absolute atomic E-state index is 12.8. The number of amides is 1. The number of nitrogens with one attached hydrogen (secondary N) is 2. The second-order valence-electron chi connectivity index (χ2n) is 4.44. The van der Waals surface area contributed by atoms with E-state index in [1.54, 1.807) is 37.4 Å². The first-order chi connectivity index (χ1) is 10.2. The number of hydrazone groups is 1. The SMILES string of the molecule is COc1ccc2c(c1)NC(=O)/C2=N\Nc1ccc(F)cc1. The van der Waals surface area contributed by atoms with Crippen LogP contribution in [0.4, 0.5) is 15.8 Å². The number of anilines is 2. The van der Waals surface area contributed by atoms with Crippen molar-refractivity contribution in [3.8, 4) is 5.75 Å². The summed E-state index contributed by atoms with van der Waals surface area (Å²) < 4.78 is 17.9. The van der Waals surface area contributed by atoms with Crippen molar-refractivity contribution in [3.05, 3.63) is 53.8 Å². The Balaban J connectivity index is 1.88. The molecule has 5 nitrogen and oxygen atoms in total. The Morgan fingerprint density at radius 2 is 1.95 bits per heavy atom. The monoisotopic (exact) mass is 285 g/mol. The summed E-state index contributed by atoms with van der Waals surface area (Å²) in [6, 6.07) is 11.0. The average Bonchev–Trinajstić information content (AvgIpc) is 2.81. The van der Waals surface area contributed by atoms with Gasteiger partial charge >= 0.3 is 0 Å². The maximum atomic E-state index is 12.8. The molecule has 0 radical (unpaired) electrons. The average molecular weight is 285 g/mol. The van der Waals surface area contributed by atoms with Gasteiger partial charge in [0.05, 0.1) is 18.5 Å². The molecule has 106 valence electrons. The summed E-state index contributed by atoms with van der Waals surface area (Å²) in [7, 11) is 1.56. The number of rotatable bonds is 3. The quantitative estimate of drug-likeness (QED) is 0.852. The molecular weight excluding hydrogens is 273 g/mol. The van der Waals surface area contributed by atoms with E-state index in [1.165, 1.54) is 12.1 Å². The van der Waals surface area contributed by atoms with Crippen LogP contribution < -0.4 is 15.5 Å². The third-order valence-electron chi connectivity index (χ3n) is 3.09. The predicted molar refractivity (Wildman–Crippen MR) is 78.2 cm³/mol. The third kappa shape index (κ3) is 2.55. The Morgan fingerprint density at radius 1 is 1.19 bits per heavy atom. The van der Waals surface area contributed by atoms with Gasteiger partial charge in [-0.25, -0.2) is 4.39 Å². The fourth-order valence-electron chi connectivity index (χ4n) is 2.02. The Labute approximate surface area is 120 Å². The van der Waals surface area contributed by atoms with E-state index in [2.05, 4.69) is 15.8 Å². The van der Waals surface area contributed by atoms with Gasteiger partial charge in [-0.15, -0.1) is 0 Å². The number of carbonyl (C=O) groups excluding carboxylic acids is 1. The zero-order valence-corrected chi connectivity index (χ0v) is 11.2. The molecule has 2 N–H and O–H groups in total.